The van der Waals surface area contributed by atoms with E-state index in [1.165, 1.54) is 5.56 Å². The summed E-state index contributed by atoms with van der Waals surface area (Å²) in [5.74, 6) is 0.0425. The second kappa shape index (κ2) is 6.39. The molecule has 0 bridgehead atoms. The molecule has 1 atom stereocenters. The van der Waals surface area contributed by atoms with Gasteiger partial charge in [0.2, 0.25) is 0 Å². The molecule has 0 N–H and O–H groups in total. The highest BCUT2D eigenvalue weighted by molar-refractivity contribution is 9.10. The van der Waals surface area contributed by atoms with Crippen molar-refractivity contribution < 1.29 is 4.79 Å². The lowest BCUT2D eigenvalue weighted by Gasteiger charge is -2.24. The lowest BCUT2D eigenvalue weighted by Crippen LogP contribution is -2.37. The molecular weight excluding hydrogens is 328 g/mol. The van der Waals surface area contributed by atoms with Crippen LogP contribution in [0.25, 0.3) is 0 Å². The van der Waals surface area contributed by atoms with E-state index in [9.17, 15) is 4.79 Å². The van der Waals surface area contributed by atoms with E-state index in [-0.39, 0.29) is 11.9 Å². The van der Waals surface area contributed by atoms with Crippen LogP contribution in [0.2, 0.25) is 0 Å². The van der Waals surface area contributed by atoms with E-state index in [4.69, 9.17) is 0 Å². The van der Waals surface area contributed by atoms with Crippen LogP contribution in [0.3, 0.4) is 0 Å². The molecule has 21 heavy (non-hydrogen) atoms. The van der Waals surface area contributed by atoms with Crippen molar-refractivity contribution in [3.05, 3.63) is 64.4 Å². The third-order valence-corrected chi connectivity index (χ3v) is 4.37. The van der Waals surface area contributed by atoms with Gasteiger partial charge >= 0.3 is 0 Å². The van der Waals surface area contributed by atoms with Gasteiger partial charge in [-0.2, -0.15) is 0 Å². The summed E-state index contributed by atoms with van der Waals surface area (Å²) in [5, 5.41) is 0. The maximum Gasteiger partial charge on any atom is 0.272 e. The third-order valence-electron chi connectivity index (χ3n) is 3.90. The zero-order valence-electron chi connectivity index (χ0n) is 11.7. The molecule has 1 aromatic heterocycles. The first kappa shape index (κ1) is 14.3. The molecule has 3 nitrogen and oxygen atoms in total. The number of carbonyl (C=O) groups is 1. The molecule has 108 valence electrons. The van der Waals surface area contributed by atoms with Crippen molar-refractivity contribution in [2.45, 2.75) is 25.3 Å². The first-order valence-corrected chi connectivity index (χ1v) is 8.00. The normalized spacial score (nSPS) is 18.0. The van der Waals surface area contributed by atoms with Gasteiger partial charge in [0, 0.05) is 23.3 Å². The molecule has 0 radical (unpaired) electrons. The van der Waals surface area contributed by atoms with Gasteiger partial charge in [-0.25, -0.2) is 4.98 Å². The maximum absolute atomic E-state index is 12.6. The van der Waals surface area contributed by atoms with Crippen molar-refractivity contribution in [1.29, 1.82) is 0 Å². The van der Waals surface area contributed by atoms with Crippen LogP contribution in [-0.2, 0) is 6.42 Å². The summed E-state index contributed by atoms with van der Waals surface area (Å²) in [4.78, 5) is 18.8. The van der Waals surface area contributed by atoms with E-state index < -0.39 is 0 Å². The molecule has 1 saturated heterocycles. The van der Waals surface area contributed by atoms with Gasteiger partial charge in [0.25, 0.3) is 5.91 Å². The van der Waals surface area contributed by atoms with Gasteiger partial charge in [0.1, 0.15) is 5.69 Å². The number of carbonyl (C=O) groups excluding carboxylic acids is 1. The second-order valence-corrected chi connectivity index (χ2v) is 6.26. The van der Waals surface area contributed by atoms with Crippen LogP contribution >= 0.6 is 15.9 Å². The fraction of sp³-hybridized carbons (Fsp3) is 0.294. The minimum absolute atomic E-state index is 0.0425. The largest absolute Gasteiger partial charge is 0.334 e. The van der Waals surface area contributed by atoms with Crippen molar-refractivity contribution in [3.8, 4) is 0 Å². The number of amides is 1. The van der Waals surface area contributed by atoms with Crippen molar-refractivity contribution >= 4 is 21.8 Å². The average molecular weight is 345 g/mol. The van der Waals surface area contributed by atoms with E-state index in [0.29, 0.717) is 5.69 Å². The van der Waals surface area contributed by atoms with Crippen LogP contribution in [0.15, 0.2) is 53.1 Å². The molecule has 0 aliphatic carbocycles. The zero-order valence-corrected chi connectivity index (χ0v) is 13.3. The quantitative estimate of drug-likeness (QED) is 0.850. The molecule has 1 aliphatic rings. The first-order chi connectivity index (χ1) is 10.2. The third kappa shape index (κ3) is 3.32. The van der Waals surface area contributed by atoms with Crippen LogP contribution in [0, 0.1) is 0 Å². The highest BCUT2D eigenvalue weighted by Gasteiger charge is 2.29. The van der Waals surface area contributed by atoms with Gasteiger partial charge in [-0.3, -0.25) is 4.79 Å². The van der Waals surface area contributed by atoms with E-state index in [0.717, 1.165) is 30.3 Å². The number of aromatic nitrogens is 1. The van der Waals surface area contributed by atoms with E-state index in [1.807, 2.05) is 29.2 Å². The Morgan fingerprint density at radius 2 is 2.05 bits per heavy atom. The number of hydrogen-bond donors (Lipinski definition) is 0. The van der Waals surface area contributed by atoms with Crippen LogP contribution in [0.4, 0.5) is 0 Å². The molecular formula is C17H17BrN2O. The van der Waals surface area contributed by atoms with Crippen LogP contribution in [0.1, 0.15) is 28.9 Å². The summed E-state index contributed by atoms with van der Waals surface area (Å²) in [6, 6.07) is 14.3. The van der Waals surface area contributed by atoms with Gasteiger partial charge in [-0.05, 0) is 52.9 Å². The van der Waals surface area contributed by atoms with Crippen molar-refractivity contribution in [1.82, 2.24) is 9.88 Å². The topological polar surface area (TPSA) is 33.2 Å². The number of hydrogen-bond acceptors (Lipinski definition) is 2. The highest BCUT2D eigenvalue weighted by Crippen LogP contribution is 2.23. The van der Waals surface area contributed by atoms with Gasteiger partial charge in [0.05, 0.1) is 0 Å². The summed E-state index contributed by atoms with van der Waals surface area (Å²) in [6.07, 6.45) is 4.73. The molecule has 1 aliphatic heterocycles. The Morgan fingerprint density at radius 1 is 1.24 bits per heavy atom. The lowest BCUT2D eigenvalue weighted by molar-refractivity contribution is 0.0730. The standard InChI is InChI=1S/C17H17BrN2O/c18-14-8-9-16(19-12-14)17(21)20-10-4-7-15(20)11-13-5-2-1-3-6-13/h1-3,5-6,8-9,12,15H,4,7,10-11H2. The number of benzene rings is 1. The van der Waals surface area contributed by atoms with Gasteiger partial charge < -0.3 is 4.90 Å². The molecule has 4 heteroatoms. The molecule has 1 aromatic carbocycles. The molecule has 3 rings (SSSR count). The molecule has 0 spiro atoms. The monoisotopic (exact) mass is 344 g/mol. The molecule has 2 aromatic rings. The summed E-state index contributed by atoms with van der Waals surface area (Å²) < 4.78 is 0.890. The highest BCUT2D eigenvalue weighted by atomic mass is 79.9. The maximum atomic E-state index is 12.6. The Bertz CT molecular complexity index is 612. The zero-order chi connectivity index (χ0) is 14.7. The molecule has 2 heterocycles. The van der Waals surface area contributed by atoms with E-state index in [2.05, 4.69) is 33.0 Å². The van der Waals surface area contributed by atoms with Crippen LogP contribution in [-0.4, -0.2) is 28.4 Å². The number of halogens is 1. The number of pyridine rings is 1. The molecule has 1 fully saturated rings. The van der Waals surface area contributed by atoms with Gasteiger partial charge in [0.15, 0.2) is 0 Å². The van der Waals surface area contributed by atoms with Crippen molar-refractivity contribution in [3.63, 3.8) is 0 Å². The van der Waals surface area contributed by atoms with Crippen LogP contribution in [0.5, 0.6) is 0 Å². The Kier molecular flexibility index (Phi) is 4.34. The van der Waals surface area contributed by atoms with Crippen molar-refractivity contribution in [2.24, 2.45) is 0 Å². The Hall–Kier alpha value is -1.68. The van der Waals surface area contributed by atoms with Gasteiger partial charge in [-0.1, -0.05) is 30.3 Å². The van der Waals surface area contributed by atoms with Crippen LogP contribution < -0.4 is 0 Å². The fourth-order valence-electron chi connectivity index (χ4n) is 2.85. The van der Waals surface area contributed by atoms with Crippen molar-refractivity contribution in [2.75, 3.05) is 6.54 Å². The number of nitrogens with zero attached hydrogens (tertiary/aromatic N) is 2. The summed E-state index contributed by atoms with van der Waals surface area (Å²) in [7, 11) is 0. The Morgan fingerprint density at radius 3 is 2.76 bits per heavy atom. The van der Waals surface area contributed by atoms with E-state index >= 15 is 0 Å². The molecule has 0 saturated carbocycles. The summed E-state index contributed by atoms with van der Waals surface area (Å²) in [5.41, 5.74) is 1.81. The van der Waals surface area contributed by atoms with Gasteiger partial charge in [-0.15, -0.1) is 0 Å². The summed E-state index contributed by atoms with van der Waals surface area (Å²) >= 11 is 3.35. The fourth-order valence-corrected chi connectivity index (χ4v) is 3.09. The van der Waals surface area contributed by atoms with E-state index in [1.54, 1.807) is 12.3 Å². The first-order valence-electron chi connectivity index (χ1n) is 7.20. The average Bonchev–Trinajstić information content (AvgIpc) is 2.96. The predicted molar refractivity (Wildman–Crippen MR) is 86.1 cm³/mol. The Labute approximate surface area is 133 Å². The lowest BCUT2D eigenvalue weighted by atomic mass is 10.0. The predicted octanol–water partition coefficient (Wildman–Crippen LogP) is 3.69. The SMILES string of the molecule is O=C(c1ccc(Br)cn1)N1CCCC1Cc1ccccc1. The molecule has 1 unspecified atom stereocenters. The Balaban J connectivity index is 1.74. The number of likely N-dealkylation sites (tertiary alicyclic amines) is 1. The smallest absolute Gasteiger partial charge is 0.272 e. The summed E-state index contributed by atoms with van der Waals surface area (Å²) in [6.45, 7) is 0.827. The second-order valence-electron chi connectivity index (χ2n) is 5.35. The number of rotatable bonds is 3. The minimum Gasteiger partial charge on any atom is -0.334 e. The minimum atomic E-state index is 0.0425. The molecule has 1 amide bonds.